The van der Waals surface area contributed by atoms with Crippen LogP contribution in [0.5, 0.6) is 5.75 Å². The molecule has 1 N–H and O–H groups in total. The standard InChI is InChI=1S/C14H9ClN4OS/c1-20-11-6-8(7-16)2-3-10(11)17-12-9-4-5-21-13(9)19-14(15)18-12/h2-6H,1H3,(H,17,18,19). The molecule has 2 heterocycles. The highest BCUT2D eigenvalue weighted by molar-refractivity contribution is 7.16. The lowest BCUT2D eigenvalue weighted by atomic mass is 10.2. The molecular formula is C14H9ClN4OS. The van der Waals surface area contributed by atoms with Gasteiger partial charge >= 0.3 is 0 Å². The quantitative estimate of drug-likeness (QED) is 0.740. The Morgan fingerprint density at radius 2 is 2.19 bits per heavy atom. The molecule has 0 aliphatic heterocycles. The molecule has 21 heavy (non-hydrogen) atoms. The van der Waals surface area contributed by atoms with Gasteiger partial charge < -0.3 is 10.1 Å². The molecule has 0 bridgehead atoms. The highest BCUT2D eigenvalue weighted by Gasteiger charge is 2.11. The van der Waals surface area contributed by atoms with Gasteiger partial charge in [-0.3, -0.25) is 0 Å². The van der Waals surface area contributed by atoms with Gasteiger partial charge in [-0.05, 0) is 35.2 Å². The number of hydrogen-bond acceptors (Lipinski definition) is 6. The summed E-state index contributed by atoms with van der Waals surface area (Å²) in [5.41, 5.74) is 1.23. The van der Waals surface area contributed by atoms with Crippen LogP contribution in [0.2, 0.25) is 5.28 Å². The maximum atomic E-state index is 8.93. The van der Waals surface area contributed by atoms with Crippen LogP contribution < -0.4 is 10.1 Å². The number of hydrogen-bond donors (Lipinski definition) is 1. The number of nitriles is 1. The van der Waals surface area contributed by atoms with E-state index in [0.29, 0.717) is 22.8 Å². The second kappa shape index (κ2) is 5.56. The van der Waals surface area contributed by atoms with Gasteiger partial charge in [-0.2, -0.15) is 10.2 Å². The van der Waals surface area contributed by atoms with Crippen LogP contribution in [0.15, 0.2) is 29.6 Å². The van der Waals surface area contributed by atoms with Crippen molar-refractivity contribution in [3.8, 4) is 11.8 Å². The summed E-state index contributed by atoms with van der Waals surface area (Å²) < 4.78 is 5.30. The Morgan fingerprint density at radius 1 is 1.33 bits per heavy atom. The van der Waals surface area contributed by atoms with Crippen LogP contribution in [-0.4, -0.2) is 17.1 Å². The third-order valence-electron chi connectivity index (χ3n) is 2.88. The molecule has 0 unspecified atom stereocenters. The summed E-state index contributed by atoms with van der Waals surface area (Å²) in [5.74, 6) is 1.17. The molecule has 0 amide bonds. The molecule has 2 aromatic heterocycles. The van der Waals surface area contributed by atoms with E-state index in [1.807, 2.05) is 11.4 Å². The lowest BCUT2D eigenvalue weighted by molar-refractivity contribution is 0.416. The molecule has 0 atom stereocenters. The average Bonchev–Trinajstić information content (AvgIpc) is 2.96. The highest BCUT2D eigenvalue weighted by Crippen LogP contribution is 2.32. The van der Waals surface area contributed by atoms with Gasteiger partial charge in [-0.25, -0.2) is 4.98 Å². The smallest absolute Gasteiger partial charge is 0.225 e. The topological polar surface area (TPSA) is 70.8 Å². The summed E-state index contributed by atoms with van der Waals surface area (Å²) in [6.07, 6.45) is 0. The van der Waals surface area contributed by atoms with E-state index in [-0.39, 0.29) is 5.28 Å². The summed E-state index contributed by atoms with van der Waals surface area (Å²) in [6.45, 7) is 0. The number of aromatic nitrogens is 2. The van der Waals surface area contributed by atoms with Crippen LogP contribution in [0.25, 0.3) is 10.2 Å². The molecule has 0 spiro atoms. The zero-order valence-corrected chi connectivity index (χ0v) is 12.5. The van der Waals surface area contributed by atoms with E-state index in [4.69, 9.17) is 21.6 Å². The number of ether oxygens (including phenoxy) is 1. The lowest BCUT2D eigenvalue weighted by Crippen LogP contribution is -1.98. The Bertz CT molecular complexity index is 856. The zero-order chi connectivity index (χ0) is 14.8. The zero-order valence-electron chi connectivity index (χ0n) is 10.9. The summed E-state index contributed by atoms with van der Waals surface area (Å²) in [6, 6.07) is 9.14. The Hall–Kier alpha value is -2.36. The Balaban J connectivity index is 2.06. The van der Waals surface area contributed by atoms with E-state index in [9.17, 15) is 0 Å². The Kier molecular flexibility index (Phi) is 3.60. The first-order chi connectivity index (χ1) is 10.2. The molecular weight excluding hydrogens is 308 g/mol. The monoisotopic (exact) mass is 316 g/mol. The van der Waals surface area contributed by atoms with Crippen LogP contribution in [0, 0.1) is 11.3 Å². The molecule has 0 aliphatic carbocycles. The average molecular weight is 317 g/mol. The highest BCUT2D eigenvalue weighted by atomic mass is 35.5. The molecule has 3 rings (SSSR count). The number of thiophene rings is 1. The van der Waals surface area contributed by atoms with Crippen LogP contribution in [0.1, 0.15) is 5.56 Å². The third-order valence-corrected chi connectivity index (χ3v) is 3.86. The van der Waals surface area contributed by atoms with E-state index in [2.05, 4.69) is 21.4 Å². The van der Waals surface area contributed by atoms with Gasteiger partial charge in [0.2, 0.25) is 5.28 Å². The van der Waals surface area contributed by atoms with E-state index < -0.39 is 0 Å². The number of benzene rings is 1. The number of rotatable bonds is 3. The third kappa shape index (κ3) is 2.61. The van der Waals surface area contributed by atoms with E-state index in [1.165, 1.54) is 11.3 Å². The summed E-state index contributed by atoms with van der Waals surface area (Å²) in [7, 11) is 1.55. The number of methoxy groups -OCH3 is 1. The fourth-order valence-corrected chi connectivity index (χ4v) is 2.90. The van der Waals surface area contributed by atoms with Gasteiger partial charge in [0.1, 0.15) is 16.4 Å². The number of halogens is 1. The van der Waals surface area contributed by atoms with E-state index in [1.54, 1.807) is 25.3 Å². The fraction of sp³-hybridized carbons (Fsp3) is 0.0714. The van der Waals surface area contributed by atoms with Crippen molar-refractivity contribution >= 4 is 44.7 Å². The molecule has 1 aromatic carbocycles. The first kappa shape index (κ1) is 13.6. The summed E-state index contributed by atoms with van der Waals surface area (Å²) >= 11 is 7.43. The Morgan fingerprint density at radius 3 is 2.95 bits per heavy atom. The minimum atomic E-state index is 0.181. The largest absolute Gasteiger partial charge is 0.495 e. The van der Waals surface area contributed by atoms with Gasteiger partial charge in [0.25, 0.3) is 0 Å². The molecule has 0 fully saturated rings. The minimum absolute atomic E-state index is 0.181. The summed E-state index contributed by atoms with van der Waals surface area (Å²) in [5, 5.41) is 15.1. The molecule has 104 valence electrons. The van der Waals surface area contributed by atoms with Crippen molar-refractivity contribution in [3.63, 3.8) is 0 Å². The van der Waals surface area contributed by atoms with Crippen molar-refractivity contribution in [2.75, 3.05) is 12.4 Å². The van der Waals surface area contributed by atoms with Crippen molar-refractivity contribution in [1.29, 1.82) is 5.26 Å². The normalized spacial score (nSPS) is 10.3. The minimum Gasteiger partial charge on any atom is -0.495 e. The first-order valence-electron chi connectivity index (χ1n) is 5.97. The van der Waals surface area contributed by atoms with Crippen molar-refractivity contribution in [2.24, 2.45) is 0 Å². The van der Waals surface area contributed by atoms with Crippen molar-refractivity contribution in [2.45, 2.75) is 0 Å². The number of fused-ring (bicyclic) bond motifs is 1. The maximum absolute atomic E-state index is 8.93. The fourth-order valence-electron chi connectivity index (χ4n) is 1.92. The van der Waals surface area contributed by atoms with Gasteiger partial charge in [0, 0.05) is 6.07 Å². The molecule has 0 saturated carbocycles. The Labute approximate surface area is 129 Å². The maximum Gasteiger partial charge on any atom is 0.225 e. The molecule has 3 aromatic rings. The van der Waals surface area contributed by atoms with Crippen LogP contribution in [0.4, 0.5) is 11.5 Å². The second-order valence-electron chi connectivity index (χ2n) is 4.13. The SMILES string of the molecule is COc1cc(C#N)ccc1Nc1nc(Cl)nc2sccc12. The van der Waals surface area contributed by atoms with Crippen LogP contribution in [0.3, 0.4) is 0 Å². The number of nitrogens with zero attached hydrogens (tertiary/aromatic N) is 3. The van der Waals surface area contributed by atoms with Gasteiger partial charge in [-0.15, -0.1) is 11.3 Å². The predicted octanol–water partition coefficient (Wildman–Crippen LogP) is 3.97. The van der Waals surface area contributed by atoms with E-state index in [0.717, 1.165) is 10.2 Å². The van der Waals surface area contributed by atoms with Gasteiger partial charge in [0.05, 0.1) is 29.8 Å². The molecule has 0 aliphatic rings. The summed E-state index contributed by atoms with van der Waals surface area (Å²) in [4.78, 5) is 9.19. The van der Waals surface area contributed by atoms with Crippen molar-refractivity contribution in [3.05, 3.63) is 40.5 Å². The van der Waals surface area contributed by atoms with Crippen LogP contribution >= 0.6 is 22.9 Å². The van der Waals surface area contributed by atoms with Gasteiger partial charge in [0.15, 0.2) is 0 Å². The molecule has 7 heteroatoms. The molecule has 5 nitrogen and oxygen atoms in total. The predicted molar refractivity (Wildman–Crippen MR) is 83.4 cm³/mol. The lowest BCUT2D eigenvalue weighted by Gasteiger charge is -2.11. The number of nitrogens with one attached hydrogen (secondary N) is 1. The molecule has 0 radical (unpaired) electrons. The first-order valence-corrected chi connectivity index (χ1v) is 7.23. The van der Waals surface area contributed by atoms with Crippen LogP contribution in [-0.2, 0) is 0 Å². The van der Waals surface area contributed by atoms with Crippen molar-refractivity contribution < 1.29 is 4.74 Å². The second-order valence-corrected chi connectivity index (χ2v) is 5.37. The van der Waals surface area contributed by atoms with Crippen molar-refractivity contribution in [1.82, 2.24) is 9.97 Å². The number of anilines is 2. The van der Waals surface area contributed by atoms with E-state index >= 15 is 0 Å². The molecule has 0 saturated heterocycles. The van der Waals surface area contributed by atoms with Gasteiger partial charge in [-0.1, -0.05) is 0 Å².